The number of aryl methyl sites for hydroxylation is 2. The summed E-state index contributed by atoms with van der Waals surface area (Å²) in [6.45, 7) is 6.07. The van der Waals surface area contributed by atoms with Gasteiger partial charge in [-0.1, -0.05) is 30.3 Å². The van der Waals surface area contributed by atoms with E-state index >= 15 is 0 Å². The molecule has 7 nitrogen and oxygen atoms in total. The van der Waals surface area contributed by atoms with Crippen LogP contribution in [0.4, 0.5) is 4.79 Å². The summed E-state index contributed by atoms with van der Waals surface area (Å²) in [5.41, 5.74) is 4.01. The van der Waals surface area contributed by atoms with Crippen LogP contribution in [0.15, 0.2) is 53.1 Å². The molecule has 0 unspecified atom stereocenters. The number of furan rings is 1. The molecule has 156 valence electrons. The van der Waals surface area contributed by atoms with Crippen LogP contribution in [0.3, 0.4) is 0 Å². The smallest absolute Gasteiger partial charge is 0.321 e. The lowest BCUT2D eigenvalue weighted by Gasteiger charge is -2.17. The van der Waals surface area contributed by atoms with Gasteiger partial charge in [-0.15, -0.1) is 0 Å². The van der Waals surface area contributed by atoms with E-state index in [-0.39, 0.29) is 6.42 Å². The molecule has 0 aliphatic carbocycles. The number of ether oxygens (including phenoxy) is 1. The minimum Gasteiger partial charge on any atom is -0.464 e. The lowest BCUT2D eigenvalue weighted by Crippen LogP contribution is -2.42. The Morgan fingerprint density at radius 1 is 1.07 bits per heavy atom. The standard InChI is InChI=1S/C23H24N2O5/c1-4-24-23(28)25-22(27)21(16-8-6-5-7-9-16)30-20(26)12-17-13-29-19-11-15(3)14(2)10-18(17)19/h5-11,13,21H,4,12H2,1-3H3,(H2,24,25,27,28)/t21-/m1/s1. The summed E-state index contributed by atoms with van der Waals surface area (Å²) in [7, 11) is 0. The SMILES string of the molecule is CCNC(=O)NC(=O)[C@H](OC(=O)Cc1coc2cc(C)c(C)cc12)c1ccccc1. The van der Waals surface area contributed by atoms with Crippen molar-refractivity contribution in [2.24, 2.45) is 0 Å². The highest BCUT2D eigenvalue weighted by Gasteiger charge is 2.27. The molecule has 0 saturated heterocycles. The molecule has 2 aromatic carbocycles. The number of benzene rings is 2. The van der Waals surface area contributed by atoms with Crippen molar-refractivity contribution in [3.05, 3.63) is 71.0 Å². The van der Waals surface area contributed by atoms with E-state index in [1.165, 1.54) is 6.26 Å². The average molecular weight is 408 g/mol. The van der Waals surface area contributed by atoms with Gasteiger partial charge in [-0.3, -0.25) is 14.9 Å². The topological polar surface area (TPSA) is 97.6 Å². The fraction of sp³-hybridized carbons (Fsp3) is 0.261. The number of urea groups is 1. The molecule has 3 amide bonds. The summed E-state index contributed by atoms with van der Waals surface area (Å²) < 4.78 is 11.0. The molecule has 0 saturated carbocycles. The zero-order valence-corrected chi connectivity index (χ0v) is 17.2. The van der Waals surface area contributed by atoms with Crippen LogP contribution in [-0.4, -0.2) is 24.5 Å². The zero-order chi connectivity index (χ0) is 21.7. The molecular formula is C23H24N2O5. The minimum absolute atomic E-state index is 0.0622. The highest BCUT2D eigenvalue weighted by Crippen LogP contribution is 2.26. The van der Waals surface area contributed by atoms with E-state index in [9.17, 15) is 14.4 Å². The number of hydrogen-bond acceptors (Lipinski definition) is 5. The van der Waals surface area contributed by atoms with Crippen LogP contribution < -0.4 is 10.6 Å². The lowest BCUT2D eigenvalue weighted by atomic mass is 10.0. The van der Waals surface area contributed by atoms with Crippen molar-refractivity contribution in [3.8, 4) is 0 Å². The van der Waals surface area contributed by atoms with Gasteiger partial charge in [0, 0.05) is 23.1 Å². The Kier molecular flexibility index (Phi) is 6.51. The normalized spacial score (nSPS) is 11.7. The van der Waals surface area contributed by atoms with Gasteiger partial charge in [-0.2, -0.15) is 0 Å². The van der Waals surface area contributed by atoms with Crippen LogP contribution in [-0.2, 0) is 20.7 Å². The van der Waals surface area contributed by atoms with E-state index in [4.69, 9.17) is 9.15 Å². The number of carbonyl (C=O) groups is 3. The summed E-state index contributed by atoms with van der Waals surface area (Å²) >= 11 is 0. The van der Waals surface area contributed by atoms with Crippen LogP contribution in [0.5, 0.6) is 0 Å². The molecule has 0 fully saturated rings. The number of carbonyl (C=O) groups excluding carboxylic acids is 3. The third-order valence-corrected chi connectivity index (χ3v) is 4.77. The van der Waals surface area contributed by atoms with E-state index in [1.54, 1.807) is 37.3 Å². The monoisotopic (exact) mass is 408 g/mol. The lowest BCUT2D eigenvalue weighted by molar-refractivity contribution is -0.155. The molecule has 0 aliphatic heterocycles. The molecule has 1 aromatic heterocycles. The summed E-state index contributed by atoms with van der Waals surface area (Å²) in [6, 6.07) is 11.8. The number of amides is 3. The third-order valence-electron chi connectivity index (χ3n) is 4.77. The molecule has 3 rings (SSSR count). The molecular weight excluding hydrogens is 384 g/mol. The second kappa shape index (κ2) is 9.26. The summed E-state index contributed by atoms with van der Waals surface area (Å²) in [5, 5.41) is 5.51. The van der Waals surface area contributed by atoms with Gasteiger partial charge in [0.2, 0.25) is 6.10 Å². The van der Waals surface area contributed by atoms with Crippen molar-refractivity contribution in [2.75, 3.05) is 6.54 Å². The number of nitrogens with one attached hydrogen (secondary N) is 2. The predicted molar refractivity (Wildman–Crippen MR) is 112 cm³/mol. The van der Waals surface area contributed by atoms with Gasteiger partial charge in [-0.05, 0) is 44.0 Å². The first-order chi connectivity index (χ1) is 14.4. The first-order valence-corrected chi connectivity index (χ1v) is 9.69. The van der Waals surface area contributed by atoms with Gasteiger partial charge in [0.1, 0.15) is 5.58 Å². The van der Waals surface area contributed by atoms with Crippen molar-refractivity contribution in [1.82, 2.24) is 10.6 Å². The van der Waals surface area contributed by atoms with E-state index in [0.29, 0.717) is 23.3 Å². The quantitative estimate of drug-likeness (QED) is 0.606. The maximum atomic E-state index is 12.7. The van der Waals surface area contributed by atoms with E-state index in [1.807, 2.05) is 26.0 Å². The van der Waals surface area contributed by atoms with Crippen LogP contribution in [0.1, 0.15) is 35.3 Å². The molecule has 2 N–H and O–H groups in total. The van der Waals surface area contributed by atoms with Crippen LogP contribution in [0.25, 0.3) is 11.0 Å². The number of hydrogen-bond donors (Lipinski definition) is 2. The van der Waals surface area contributed by atoms with Gasteiger partial charge < -0.3 is 14.5 Å². The molecule has 1 atom stereocenters. The molecule has 0 bridgehead atoms. The second-order valence-electron chi connectivity index (χ2n) is 7.00. The molecule has 7 heteroatoms. The van der Waals surface area contributed by atoms with Gasteiger partial charge >= 0.3 is 12.0 Å². The number of rotatable bonds is 6. The maximum absolute atomic E-state index is 12.7. The number of fused-ring (bicyclic) bond motifs is 1. The first kappa shape index (κ1) is 21.1. The molecule has 3 aromatic rings. The zero-order valence-electron chi connectivity index (χ0n) is 17.2. The fourth-order valence-electron chi connectivity index (χ4n) is 3.08. The van der Waals surface area contributed by atoms with Crippen LogP contribution >= 0.6 is 0 Å². The Labute approximate surface area is 174 Å². The van der Waals surface area contributed by atoms with E-state index in [2.05, 4.69) is 10.6 Å². The third kappa shape index (κ3) is 4.86. The molecule has 1 heterocycles. The van der Waals surface area contributed by atoms with Crippen molar-refractivity contribution in [2.45, 2.75) is 33.3 Å². The average Bonchev–Trinajstić information content (AvgIpc) is 3.08. The summed E-state index contributed by atoms with van der Waals surface area (Å²) in [6.07, 6.45) is 0.216. The second-order valence-corrected chi connectivity index (χ2v) is 7.00. The Bertz CT molecular complexity index is 1070. The molecule has 0 spiro atoms. The first-order valence-electron chi connectivity index (χ1n) is 9.69. The minimum atomic E-state index is -1.25. The Hall–Kier alpha value is -3.61. The van der Waals surface area contributed by atoms with Crippen molar-refractivity contribution in [3.63, 3.8) is 0 Å². The van der Waals surface area contributed by atoms with E-state index in [0.717, 1.165) is 16.5 Å². The van der Waals surface area contributed by atoms with Gasteiger partial charge in [0.05, 0.1) is 12.7 Å². The van der Waals surface area contributed by atoms with Gasteiger partial charge in [0.15, 0.2) is 0 Å². The maximum Gasteiger partial charge on any atom is 0.321 e. The van der Waals surface area contributed by atoms with Gasteiger partial charge in [0.25, 0.3) is 5.91 Å². The highest BCUT2D eigenvalue weighted by atomic mass is 16.5. The van der Waals surface area contributed by atoms with E-state index < -0.39 is 24.0 Å². The predicted octanol–water partition coefficient (Wildman–Crippen LogP) is 3.72. The highest BCUT2D eigenvalue weighted by molar-refractivity contribution is 5.98. The molecule has 30 heavy (non-hydrogen) atoms. The van der Waals surface area contributed by atoms with Gasteiger partial charge in [-0.25, -0.2) is 4.79 Å². The summed E-state index contributed by atoms with van der Waals surface area (Å²) in [5.74, 6) is -1.32. The molecule has 0 aliphatic rings. The Morgan fingerprint density at radius 3 is 2.47 bits per heavy atom. The van der Waals surface area contributed by atoms with Crippen molar-refractivity contribution < 1.29 is 23.5 Å². The fourth-order valence-corrected chi connectivity index (χ4v) is 3.08. The summed E-state index contributed by atoms with van der Waals surface area (Å²) in [4.78, 5) is 37.0. The van der Waals surface area contributed by atoms with Crippen molar-refractivity contribution in [1.29, 1.82) is 0 Å². The number of imide groups is 1. The van der Waals surface area contributed by atoms with Crippen molar-refractivity contribution >= 4 is 28.9 Å². The van der Waals surface area contributed by atoms with Crippen LogP contribution in [0.2, 0.25) is 0 Å². The number of esters is 1. The Balaban J connectivity index is 1.79. The Morgan fingerprint density at radius 2 is 1.77 bits per heavy atom. The van der Waals surface area contributed by atoms with Crippen LogP contribution in [0, 0.1) is 13.8 Å². The molecule has 0 radical (unpaired) electrons. The largest absolute Gasteiger partial charge is 0.464 e.